The van der Waals surface area contributed by atoms with E-state index in [1.54, 1.807) is 13.0 Å². The number of hydrogen-bond acceptors (Lipinski definition) is 2. The first-order valence-corrected chi connectivity index (χ1v) is 4.95. The Morgan fingerprint density at radius 2 is 2.15 bits per heavy atom. The normalized spacial score (nSPS) is 10.6. The van der Waals surface area contributed by atoms with E-state index < -0.39 is 0 Å². The van der Waals surface area contributed by atoms with Gasteiger partial charge >= 0.3 is 0 Å². The SMILES string of the molecule is Cc1cc(=O)c2cccc(I)c2o1. The third-order valence-corrected chi connectivity index (χ3v) is 2.68. The van der Waals surface area contributed by atoms with Crippen molar-refractivity contribution in [3.8, 4) is 0 Å². The van der Waals surface area contributed by atoms with Crippen LogP contribution in [0, 0.1) is 10.5 Å². The van der Waals surface area contributed by atoms with E-state index in [0.717, 1.165) is 3.57 Å². The third kappa shape index (κ3) is 1.48. The molecule has 0 saturated carbocycles. The van der Waals surface area contributed by atoms with Crippen molar-refractivity contribution >= 4 is 33.6 Å². The number of aryl methyl sites for hydroxylation is 1. The smallest absolute Gasteiger partial charge is 0.192 e. The molecule has 0 N–H and O–H groups in total. The van der Waals surface area contributed by atoms with Crippen molar-refractivity contribution < 1.29 is 4.42 Å². The zero-order valence-electron chi connectivity index (χ0n) is 7.00. The van der Waals surface area contributed by atoms with Crippen molar-refractivity contribution in [2.45, 2.75) is 6.92 Å². The van der Waals surface area contributed by atoms with Gasteiger partial charge in [-0.2, -0.15) is 0 Å². The molecule has 66 valence electrons. The summed E-state index contributed by atoms with van der Waals surface area (Å²) in [5.74, 6) is 0.654. The van der Waals surface area contributed by atoms with E-state index in [2.05, 4.69) is 22.6 Å². The summed E-state index contributed by atoms with van der Waals surface area (Å²) in [4.78, 5) is 11.5. The van der Waals surface area contributed by atoms with Gasteiger partial charge in [-0.25, -0.2) is 0 Å². The molecule has 0 amide bonds. The predicted octanol–water partition coefficient (Wildman–Crippen LogP) is 2.71. The Morgan fingerprint density at radius 1 is 1.38 bits per heavy atom. The van der Waals surface area contributed by atoms with Gasteiger partial charge in [0, 0.05) is 6.07 Å². The molecule has 0 saturated heterocycles. The van der Waals surface area contributed by atoms with Gasteiger partial charge in [0.25, 0.3) is 0 Å². The van der Waals surface area contributed by atoms with Crippen molar-refractivity contribution in [3.05, 3.63) is 43.8 Å². The van der Waals surface area contributed by atoms with Gasteiger partial charge in [-0.3, -0.25) is 4.79 Å². The van der Waals surface area contributed by atoms with E-state index in [1.807, 2.05) is 12.1 Å². The minimum absolute atomic E-state index is 0.0252. The standard InChI is InChI=1S/C10H7IO2/c1-6-5-9(12)7-3-2-4-8(11)10(7)13-6/h2-5H,1H3. The Balaban J connectivity index is 3.03. The second-order valence-corrected chi connectivity index (χ2v) is 4.00. The lowest BCUT2D eigenvalue weighted by molar-refractivity contribution is 0.563. The molecule has 13 heavy (non-hydrogen) atoms. The van der Waals surface area contributed by atoms with E-state index in [-0.39, 0.29) is 5.43 Å². The van der Waals surface area contributed by atoms with Crippen LogP contribution in [0.3, 0.4) is 0 Å². The molecule has 0 aliphatic carbocycles. The fraction of sp³-hybridized carbons (Fsp3) is 0.100. The average molecular weight is 286 g/mol. The zero-order valence-corrected chi connectivity index (χ0v) is 9.16. The van der Waals surface area contributed by atoms with Crippen LogP contribution < -0.4 is 5.43 Å². The van der Waals surface area contributed by atoms with E-state index in [9.17, 15) is 4.79 Å². The van der Waals surface area contributed by atoms with E-state index >= 15 is 0 Å². The second-order valence-electron chi connectivity index (χ2n) is 2.84. The Hall–Kier alpha value is -0.840. The molecule has 2 rings (SSSR count). The Morgan fingerprint density at radius 3 is 2.92 bits per heavy atom. The molecule has 0 aliphatic rings. The van der Waals surface area contributed by atoms with Crippen LogP contribution in [0.4, 0.5) is 0 Å². The minimum atomic E-state index is 0.0252. The third-order valence-electron chi connectivity index (χ3n) is 1.83. The summed E-state index contributed by atoms with van der Waals surface area (Å²) >= 11 is 2.16. The molecule has 2 aromatic rings. The minimum Gasteiger partial charge on any atom is -0.460 e. The Bertz CT molecular complexity index is 514. The van der Waals surface area contributed by atoms with E-state index in [0.29, 0.717) is 16.7 Å². The van der Waals surface area contributed by atoms with Crippen LogP contribution in [0.25, 0.3) is 11.0 Å². The Kier molecular flexibility index (Phi) is 2.11. The largest absolute Gasteiger partial charge is 0.460 e. The summed E-state index contributed by atoms with van der Waals surface area (Å²) in [7, 11) is 0. The molecule has 0 aliphatic heterocycles. The first kappa shape index (κ1) is 8.74. The van der Waals surface area contributed by atoms with Crippen molar-refractivity contribution in [1.82, 2.24) is 0 Å². The fourth-order valence-corrected chi connectivity index (χ4v) is 1.87. The highest BCUT2D eigenvalue weighted by molar-refractivity contribution is 14.1. The molecule has 1 aromatic carbocycles. The number of halogens is 1. The molecule has 0 radical (unpaired) electrons. The van der Waals surface area contributed by atoms with Crippen molar-refractivity contribution in [1.29, 1.82) is 0 Å². The number of hydrogen-bond donors (Lipinski definition) is 0. The van der Waals surface area contributed by atoms with Crippen LogP contribution in [0.2, 0.25) is 0 Å². The molecular weight excluding hydrogens is 279 g/mol. The highest BCUT2D eigenvalue weighted by Crippen LogP contribution is 2.18. The van der Waals surface area contributed by atoms with E-state index in [4.69, 9.17) is 4.42 Å². The highest BCUT2D eigenvalue weighted by atomic mass is 127. The second kappa shape index (κ2) is 3.14. The van der Waals surface area contributed by atoms with Crippen molar-refractivity contribution in [2.24, 2.45) is 0 Å². The van der Waals surface area contributed by atoms with Crippen LogP contribution >= 0.6 is 22.6 Å². The van der Waals surface area contributed by atoms with Crippen LogP contribution in [-0.4, -0.2) is 0 Å². The summed E-state index contributed by atoms with van der Waals surface area (Å²) in [5.41, 5.74) is 0.713. The first-order valence-electron chi connectivity index (χ1n) is 3.87. The zero-order chi connectivity index (χ0) is 9.42. The topological polar surface area (TPSA) is 30.2 Å². The lowest BCUT2D eigenvalue weighted by Crippen LogP contribution is -2.00. The van der Waals surface area contributed by atoms with Gasteiger partial charge in [0.2, 0.25) is 0 Å². The number of para-hydroxylation sites is 1. The lowest BCUT2D eigenvalue weighted by Gasteiger charge is -1.99. The molecule has 3 heteroatoms. The van der Waals surface area contributed by atoms with Crippen molar-refractivity contribution in [3.63, 3.8) is 0 Å². The summed E-state index contributed by atoms with van der Waals surface area (Å²) in [6.45, 7) is 1.78. The summed E-state index contributed by atoms with van der Waals surface area (Å²) in [6, 6.07) is 7.07. The monoisotopic (exact) mass is 286 g/mol. The molecule has 1 heterocycles. The molecule has 0 spiro atoms. The van der Waals surface area contributed by atoms with Gasteiger partial charge in [0.05, 0.1) is 8.96 Å². The van der Waals surface area contributed by atoms with Gasteiger partial charge in [-0.05, 0) is 41.6 Å². The van der Waals surface area contributed by atoms with Crippen LogP contribution in [0.5, 0.6) is 0 Å². The van der Waals surface area contributed by atoms with E-state index in [1.165, 1.54) is 6.07 Å². The van der Waals surface area contributed by atoms with Crippen molar-refractivity contribution in [2.75, 3.05) is 0 Å². The van der Waals surface area contributed by atoms with Gasteiger partial charge in [0.1, 0.15) is 5.76 Å². The molecule has 0 atom stereocenters. The summed E-state index contributed by atoms with van der Waals surface area (Å²) in [5, 5.41) is 0.650. The Labute approximate surface area is 88.7 Å². The molecule has 2 nitrogen and oxygen atoms in total. The maximum Gasteiger partial charge on any atom is 0.192 e. The maximum atomic E-state index is 11.5. The van der Waals surface area contributed by atoms with Crippen LogP contribution in [-0.2, 0) is 0 Å². The average Bonchev–Trinajstić information content (AvgIpc) is 2.07. The van der Waals surface area contributed by atoms with Gasteiger partial charge in [-0.15, -0.1) is 0 Å². The van der Waals surface area contributed by atoms with Gasteiger partial charge in [0.15, 0.2) is 11.0 Å². The number of fused-ring (bicyclic) bond motifs is 1. The maximum absolute atomic E-state index is 11.5. The van der Waals surface area contributed by atoms with Gasteiger partial charge < -0.3 is 4.42 Å². The molecule has 1 aromatic heterocycles. The fourth-order valence-electron chi connectivity index (χ4n) is 1.26. The van der Waals surface area contributed by atoms with Crippen LogP contribution in [0.1, 0.15) is 5.76 Å². The molecule has 0 unspecified atom stereocenters. The summed E-state index contributed by atoms with van der Waals surface area (Å²) in [6.07, 6.45) is 0. The van der Waals surface area contributed by atoms with Gasteiger partial charge in [-0.1, -0.05) is 6.07 Å². The molecule has 0 bridgehead atoms. The van der Waals surface area contributed by atoms with Crippen LogP contribution in [0.15, 0.2) is 33.5 Å². The predicted molar refractivity (Wildman–Crippen MR) is 59.9 cm³/mol. The number of rotatable bonds is 0. The lowest BCUT2D eigenvalue weighted by atomic mass is 10.2. The summed E-state index contributed by atoms with van der Waals surface area (Å²) < 4.78 is 6.43. The molecule has 0 fully saturated rings. The first-order chi connectivity index (χ1) is 6.18. The number of benzene rings is 1. The highest BCUT2D eigenvalue weighted by Gasteiger charge is 2.04. The quantitative estimate of drug-likeness (QED) is 0.697. The molecular formula is C10H7IO2.